The second kappa shape index (κ2) is 6.68. The van der Waals surface area contributed by atoms with Gasteiger partial charge in [-0.15, -0.1) is 5.10 Å². The molecule has 1 aromatic carbocycles. The van der Waals surface area contributed by atoms with Crippen molar-refractivity contribution < 1.29 is 4.74 Å². The van der Waals surface area contributed by atoms with Crippen LogP contribution in [0.4, 0.5) is 0 Å². The van der Waals surface area contributed by atoms with Gasteiger partial charge >= 0.3 is 0 Å². The van der Waals surface area contributed by atoms with Crippen molar-refractivity contribution in [3.63, 3.8) is 0 Å². The molecule has 0 radical (unpaired) electrons. The van der Waals surface area contributed by atoms with Crippen molar-refractivity contribution in [2.75, 3.05) is 7.11 Å². The zero-order valence-electron chi connectivity index (χ0n) is 13.8. The maximum Gasteiger partial charge on any atom is 0.252 e. The highest BCUT2D eigenvalue weighted by Gasteiger charge is 2.10. The number of fused-ring (bicyclic) bond motifs is 1. The van der Waals surface area contributed by atoms with Crippen LogP contribution in [0.25, 0.3) is 17.2 Å². The molecule has 0 N–H and O–H groups in total. The fraction of sp³-hybridized carbons (Fsp3) is 0.158. The van der Waals surface area contributed by atoms with E-state index in [1.165, 1.54) is 5.56 Å². The monoisotopic (exact) mass is 331 g/mol. The van der Waals surface area contributed by atoms with Crippen LogP contribution in [0.5, 0.6) is 5.75 Å². The van der Waals surface area contributed by atoms with Crippen LogP contribution in [-0.2, 0) is 12.8 Å². The molecule has 0 spiro atoms. The number of aryl methyl sites for hydroxylation is 2. The molecule has 0 aliphatic carbocycles. The second-order valence-corrected chi connectivity index (χ2v) is 5.63. The standard InChI is InChI=1S/C19H17N5O/c1-25-15-8-5-14(6-9-15)7-10-18-22-19-21-13-11-17(24(19)23-18)16-4-2-3-12-20-16/h2-6,8-9,11-13H,7,10H2,1H3. The number of ether oxygens (including phenoxy) is 1. The van der Waals surface area contributed by atoms with Gasteiger partial charge in [-0.05, 0) is 42.3 Å². The number of pyridine rings is 1. The van der Waals surface area contributed by atoms with Crippen LogP contribution < -0.4 is 4.74 Å². The predicted molar refractivity (Wildman–Crippen MR) is 94.4 cm³/mol. The second-order valence-electron chi connectivity index (χ2n) is 5.63. The van der Waals surface area contributed by atoms with Crippen LogP contribution in [0, 0.1) is 0 Å². The minimum atomic E-state index is 0.591. The number of aromatic nitrogens is 5. The van der Waals surface area contributed by atoms with Crippen LogP contribution >= 0.6 is 0 Å². The molecule has 6 heteroatoms. The molecule has 0 atom stereocenters. The van der Waals surface area contributed by atoms with Gasteiger partial charge < -0.3 is 4.74 Å². The van der Waals surface area contributed by atoms with Crippen molar-refractivity contribution in [2.45, 2.75) is 12.8 Å². The zero-order chi connectivity index (χ0) is 17.1. The van der Waals surface area contributed by atoms with Gasteiger partial charge in [0.25, 0.3) is 5.78 Å². The van der Waals surface area contributed by atoms with Crippen molar-refractivity contribution in [2.24, 2.45) is 0 Å². The van der Waals surface area contributed by atoms with Crippen molar-refractivity contribution in [3.8, 4) is 17.1 Å². The molecule has 0 saturated heterocycles. The van der Waals surface area contributed by atoms with E-state index in [-0.39, 0.29) is 0 Å². The Morgan fingerprint density at radius 3 is 2.56 bits per heavy atom. The maximum atomic E-state index is 5.18. The molecule has 0 bridgehead atoms. The average molecular weight is 331 g/mol. The lowest BCUT2D eigenvalue weighted by Crippen LogP contribution is -1.98. The first-order valence-electron chi connectivity index (χ1n) is 8.08. The molecule has 0 amide bonds. The summed E-state index contributed by atoms with van der Waals surface area (Å²) in [6.45, 7) is 0. The fourth-order valence-corrected chi connectivity index (χ4v) is 2.70. The van der Waals surface area contributed by atoms with Crippen LogP contribution in [0.1, 0.15) is 11.4 Å². The number of methoxy groups -OCH3 is 1. The van der Waals surface area contributed by atoms with Gasteiger partial charge in [0.1, 0.15) is 5.75 Å². The Kier molecular flexibility index (Phi) is 4.08. The molecule has 25 heavy (non-hydrogen) atoms. The quantitative estimate of drug-likeness (QED) is 0.562. The van der Waals surface area contributed by atoms with Crippen LogP contribution in [0.3, 0.4) is 0 Å². The Bertz CT molecular complexity index is 980. The van der Waals surface area contributed by atoms with Crippen molar-refractivity contribution >= 4 is 5.78 Å². The third-order valence-electron chi connectivity index (χ3n) is 4.01. The summed E-state index contributed by atoms with van der Waals surface area (Å²) in [7, 11) is 1.67. The molecule has 124 valence electrons. The van der Waals surface area contributed by atoms with Gasteiger partial charge in [0.15, 0.2) is 5.82 Å². The van der Waals surface area contributed by atoms with Crippen molar-refractivity contribution in [1.29, 1.82) is 0 Å². The largest absolute Gasteiger partial charge is 0.497 e. The van der Waals surface area contributed by atoms with Crippen LogP contribution in [-0.4, -0.2) is 31.7 Å². The highest BCUT2D eigenvalue weighted by molar-refractivity contribution is 5.56. The van der Waals surface area contributed by atoms with Crippen LogP contribution in [0.2, 0.25) is 0 Å². The van der Waals surface area contributed by atoms with Gasteiger partial charge in [0, 0.05) is 18.8 Å². The van der Waals surface area contributed by atoms with E-state index in [2.05, 4.69) is 32.2 Å². The topological polar surface area (TPSA) is 65.2 Å². The molecule has 0 aliphatic rings. The first kappa shape index (κ1) is 15.3. The molecule has 4 aromatic rings. The molecule has 3 aromatic heterocycles. The first-order chi connectivity index (χ1) is 12.3. The summed E-state index contributed by atoms with van der Waals surface area (Å²) in [6.07, 6.45) is 5.11. The SMILES string of the molecule is COc1ccc(CCc2nc3nccc(-c4ccccn4)n3n2)cc1. The van der Waals surface area contributed by atoms with E-state index < -0.39 is 0 Å². The van der Waals surface area contributed by atoms with Gasteiger partial charge in [-0.25, -0.2) is 4.98 Å². The fourth-order valence-electron chi connectivity index (χ4n) is 2.70. The number of benzene rings is 1. The van der Waals surface area contributed by atoms with Gasteiger partial charge in [0.2, 0.25) is 0 Å². The highest BCUT2D eigenvalue weighted by Crippen LogP contribution is 2.17. The molecule has 3 heterocycles. The Balaban J connectivity index is 1.59. The molecule has 0 saturated carbocycles. The van der Waals surface area contributed by atoms with E-state index in [4.69, 9.17) is 4.74 Å². The van der Waals surface area contributed by atoms with E-state index in [1.807, 2.05) is 36.4 Å². The summed E-state index contributed by atoms with van der Waals surface area (Å²) in [5, 5.41) is 4.62. The van der Waals surface area contributed by atoms with E-state index in [0.717, 1.165) is 35.8 Å². The summed E-state index contributed by atoms with van der Waals surface area (Å²) in [4.78, 5) is 13.2. The number of rotatable bonds is 5. The van der Waals surface area contributed by atoms with Crippen LogP contribution in [0.15, 0.2) is 60.9 Å². The van der Waals surface area contributed by atoms with Crippen molar-refractivity contribution in [3.05, 3.63) is 72.3 Å². The van der Waals surface area contributed by atoms with Gasteiger partial charge in [0.05, 0.1) is 18.5 Å². The Labute approximate surface area is 145 Å². The first-order valence-corrected chi connectivity index (χ1v) is 8.08. The van der Waals surface area contributed by atoms with Gasteiger partial charge in [-0.3, -0.25) is 4.98 Å². The van der Waals surface area contributed by atoms with E-state index in [1.54, 1.807) is 24.0 Å². The lowest BCUT2D eigenvalue weighted by molar-refractivity contribution is 0.414. The summed E-state index contributed by atoms with van der Waals surface area (Å²) < 4.78 is 6.94. The zero-order valence-corrected chi connectivity index (χ0v) is 13.8. The van der Waals surface area contributed by atoms with Gasteiger partial charge in [-0.1, -0.05) is 18.2 Å². The molecule has 6 nitrogen and oxygen atoms in total. The molecule has 4 rings (SSSR count). The third kappa shape index (κ3) is 3.19. The Morgan fingerprint density at radius 2 is 1.80 bits per heavy atom. The third-order valence-corrected chi connectivity index (χ3v) is 4.01. The Hall–Kier alpha value is -3.28. The molecular weight excluding hydrogens is 314 g/mol. The normalized spacial score (nSPS) is 10.9. The van der Waals surface area contributed by atoms with Gasteiger partial charge in [-0.2, -0.15) is 9.50 Å². The highest BCUT2D eigenvalue weighted by atomic mass is 16.5. The maximum absolute atomic E-state index is 5.18. The predicted octanol–water partition coefficient (Wildman–Crippen LogP) is 2.98. The van der Waals surface area contributed by atoms with E-state index >= 15 is 0 Å². The number of hydrogen-bond acceptors (Lipinski definition) is 5. The lowest BCUT2D eigenvalue weighted by atomic mass is 10.1. The molecule has 0 fully saturated rings. The molecular formula is C19H17N5O. The molecule has 0 unspecified atom stereocenters. The minimum absolute atomic E-state index is 0.591. The van der Waals surface area contributed by atoms with Crippen molar-refractivity contribution in [1.82, 2.24) is 24.6 Å². The summed E-state index contributed by atoms with van der Waals surface area (Å²) >= 11 is 0. The number of nitrogens with zero attached hydrogens (tertiary/aromatic N) is 5. The summed E-state index contributed by atoms with van der Waals surface area (Å²) in [5.41, 5.74) is 2.95. The smallest absolute Gasteiger partial charge is 0.252 e. The Morgan fingerprint density at radius 1 is 0.920 bits per heavy atom. The molecule has 0 aliphatic heterocycles. The summed E-state index contributed by atoms with van der Waals surface area (Å²) in [5.74, 6) is 2.22. The lowest BCUT2D eigenvalue weighted by Gasteiger charge is -2.02. The summed E-state index contributed by atoms with van der Waals surface area (Å²) in [6, 6.07) is 15.8. The van der Waals surface area contributed by atoms with E-state index in [9.17, 15) is 0 Å². The van der Waals surface area contributed by atoms with E-state index in [0.29, 0.717) is 5.78 Å². The minimum Gasteiger partial charge on any atom is -0.497 e. The average Bonchev–Trinajstić information content (AvgIpc) is 3.10. The number of hydrogen-bond donors (Lipinski definition) is 0.